The fourth-order valence-corrected chi connectivity index (χ4v) is 5.15. The summed E-state index contributed by atoms with van der Waals surface area (Å²) < 4.78 is 39.9. The first-order chi connectivity index (χ1) is 12.9. The van der Waals surface area contributed by atoms with Crippen molar-refractivity contribution in [3.8, 4) is 11.3 Å². The van der Waals surface area contributed by atoms with Gasteiger partial charge in [-0.05, 0) is 29.8 Å². The number of aromatic nitrogens is 1. The van der Waals surface area contributed by atoms with Crippen LogP contribution in [-0.4, -0.2) is 30.8 Å². The zero-order chi connectivity index (χ0) is 19.4. The van der Waals surface area contributed by atoms with Crippen LogP contribution in [-0.2, 0) is 16.4 Å². The summed E-state index contributed by atoms with van der Waals surface area (Å²) in [6.45, 7) is 4.53. The third kappa shape index (κ3) is 4.43. The van der Waals surface area contributed by atoms with Crippen LogP contribution in [0.3, 0.4) is 0 Å². The first-order valence-corrected chi connectivity index (χ1v) is 11.1. The highest BCUT2D eigenvalue weighted by Crippen LogP contribution is 2.25. The molecule has 0 saturated heterocycles. The topological polar surface area (TPSA) is 50.3 Å². The van der Waals surface area contributed by atoms with E-state index >= 15 is 0 Å². The van der Waals surface area contributed by atoms with Gasteiger partial charge < -0.3 is 0 Å². The lowest BCUT2D eigenvalue weighted by Gasteiger charge is -2.18. The van der Waals surface area contributed by atoms with Crippen molar-refractivity contribution in [3.63, 3.8) is 0 Å². The van der Waals surface area contributed by atoms with Gasteiger partial charge in [0.15, 0.2) is 0 Å². The van der Waals surface area contributed by atoms with E-state index in [1.54, 1.807) is 30.3 Å². The summed E-state index contributed by atoms with van der Waals surface area (Å²) in [4.78, 5) is 4.88. The van der Waals surface area contributed by atoms with Crippen molar-refractivity contribution < 1.29 is 12.8 Å². The molecule has 0 bridgehead atoms. The zero-order valence-corrected chi connectivity index (χ0v) is 16.9. The van der Waals surface area contributed by atoms with E-state index < -0.39 is 10.0 Å². The second-order valence-corrected chi connectivity index (χ2v) is 8.93. The first-order valence-electron chi connectivity index (χ1n) is 8.73. The van der Waals surface area contributed by atoms with Crippen molar-refractivity contribution in [2.45, 2.75) is 25.2 Å². The van der Waals surface area contributed by atoms with E-state index in [0.29, 0.717) is 19.5 Å². The van der Waals surface area contributed by atoms with Crippen LogP contribution in [0.1, 0.15) is 24.4 Å². The van der Waals surface area contributed by atoms with Crippen molar-refractivity contribution in [2.24, 2.45) is 0 Å². The zero-order valence-electron chi connectivity index (χ0n) is 15.2. The number of rotatable bonds is 7. The van der Waals surface area contributed by atoms with Crippen LogP contribution in [0, 0.1) is 5.82 Å². The van der Waals surface area contributed by atoms with Gasteiger partial charge in [0.25, 0.3) is 0 Å². The van der Waals surface area contributed by atoms with E-state index in [2.05, 4.69) is 4.98 Å². The molecule has 0 atom stereocenters. The quantitative estimate of drug-likeness (QED) is 0.580. The van der Waals surface area contributed by atoms with Crippen molar-refractivity contribution in [2.75, 3.05) is 13.1 Å². The molecular formula is C20H21FN2O2S2. The number of hydrogen-bond donors (Lipinski definition) is 0. The van der Waals surface area contributed by atoms with Gasteiger partial charge in [0, 0.05) is 30.5 Å². The highest BCUT2D eigenvalue weighted by atomic mass is 32.2. The number of halogens is 1. The predicted octanol–water partition coefficient (Wildman–Crippen LogP) is 4.57. The van der Waals surface area contributed by atoms with E-state index in [1.807, 2.05) is 25.3 Å². The normalized spacial score (nSPS) is 11.9. The molecule has 1 heterocycles. The van der Waals surface area contributed by atoms with Gasteiger partial charge in [0.05, 0.1) is 15.6 Å². The summed E-state index contributed by atoms with van der Waals surface area (Å²) in [6.07, 6.45) is 0.566. The van der Waals surface area contributed by atoms with Gasteiger partial charge in [-0.25, -0.2) is 17.8 Å². The van der Waals surface area contributed by atoms with Gasteiger partial charge in [-0.1, -0.05) is 38.1 Å². The molecule has 0 aliphatic rings. The van der Waals surface area contributed by atoms with E-state index in [9.17, 15) is 12.8 Å². The lowest BCUT2D eigenvalue weighted by Crippen LogP contribution is -2.30. The Morgan fingerprint density at radius 2 is 1.78 bits per heavy atom. The Morgan fingerprint density at radius 1 is 1.07 bits per heavy atom. The Hall–Kier alpha value is -2.09. The fourth-order valence-electron chi connectivity index (χ4n) is 2.86. The number of nitrogens with zero attached hydrogens (tertiary/aromatic N) is 2. The van der Waals surface area contributed by atoms with E-state index in [-0.39, 0.29) is 10.7 Å². The molecular weight excluding hydrogens is 383 g/mol. The largest absolute Gasteiger partial charge is 0.243 e. The minimum atomic E-state index is -3.46. The summed E-state index contributed by atoms with van der Waals surface area (Å²) in [5.41, 5.74) is 2.52. The van der Waals surface area contributed by atoms with E-state index in [0.717, 1.165) is 21.8 Å². The number of hydrogen-bond acceptors (Lipinski definition) is 4. The Labute approximate surface area is 163 Å². The number of sulfonamides is 1. The Morgan fingerprint density at radius 3 is 2.41 bits per heavy atom. The molecule has 3 rings (SSSR count). The van der Waals surface area contributed by atoms with Gasteiger partial charge in [-0.15, -0.1) is 11.3 Å². The van der Waals surface area contributed by atoms with E-state index in [4.69, 9.17) is 0 Å². The van der Waals surface area contributed by atoms with Gasteiger partial charge in [-0.3, -0.25) is 0 Å². The van der Waals surface area contributed by atoms with Gasteiger partial charge in [0.1, 0.15) is 5.82 Å². The fraction of sp³-hybridized carbons (Fsp3) is 0.250. The smallest absolute Gasteiger partial charge is 0.241 e. The Bertz CT molecular complexity index is 1010. The molecule has 0 spiro atoms. The first kappa shape index (κ1) is 19.7. The maximum absolute atomic E-state index is 13.3. The molecule has 0 fully saturated rings. The van der Waals surface area contributed by atoms with Crippen LogP contribution in [0.15, 0.2) is 58.8 Å². The molecule has 4 nitrogen and oxygen atoms in total. The van der Waals surface area contributed by atoms with E-state index in [1.165, 1.54) is 27.8 Å². The molecule has 0 amide bonds. The highest BCUT2D eigenvalue weighted by Gasteiger charge is 2.21. The molecule has 0 saturated carbocycles. The molecule has 0 aliphatic carbocycles. The van der Waals surface area contributed by atoms with Crippen LogP contribution in [0.25, 0.3) is 11.3 Å². The Balaban J connectivity index is 1.79. The van der Waals surface area contributed by atoms with Gasteiger partial charge in [0.2, 0.25) is 10.0 Å². The average Bonchev–Trinajstić information content (AvgIpc) is 3.11. The molecule has 0 N–H and O–H groups in total. The molecule has 2 aromatic carbocycles. The van der Waals surface area contributed by atoms with Crippen molar-refractivity contribution in [3.05, 3.63) is 70.3 Å². The lowest BCUT2D eigenvalue weighted by atomic mass is 10.1. The van der Waals surface area contributed by atoms with Gasteiger partial charge in [-0.2, -0.15) is 4.31 Å². The molecule has 27 heavy (non-hydrogen) atoms. The third-order valence-electron chi connectivity index (χ3n) is 4.29. The van der Waals surface area contributed by atoms with Crippen molar-refractivity contribution in [1.29, 1.82) is 0 Å². The molecule has 1 aromatic heterocycles. The summed E-state index contributed by atoms with van der Waals surface area (Å²) in [5.74, 6) is -0.255. The van der Waals surface area contributed by atoms with Crippen LogP contribution < -0.4 is 0 Å². The second-order valence-electron chi connectivity index (χ2n) is 6.05. The Kier molecular flexibility index (Phi) is 6.04. The monoisotopic (exact) mass is 404 g/mol. The van der Waals surface area contributed by atoms with Crippen molar-refractivity contribution >= 4 is 21.4 Å². The number of thiazole rings is 1. The molecule has 3 aromatic rings. The average molecular weight is 405 g/mol. The molecule has 0 aliphatic heterocycles. The minimum absolute atomic E-state index is 0.255. The maximum atomic E-state index is 13.3. The van der Waals surface area contributed by atoms with Crippen LogP contribution >= 0.6 is 11.3 Å². The molecule has 0 unspecified atom stereocenters. The minimum Gasteiger partial charge on any atom is -0.241 e. The second kappa shape index (κ2) is 8.29. The molecule has 7 heteroatoms. The van der Waals surface area contributed by atoms with Crippen molar-refractivity contribution in [1.82, 2.24) is 9.29 Å². The summed E-state index contributed by atoms with van der Waals surface area (Å²) in [7, 11) is -3.46. The highest BCUT2D eigenvalue weighted by molar-refractivity contribution is 7.89. The standard InChI is InChI=1S/C20H21FN2O2S2/c1-3-23(4-2)27(24,25)18-10-8-16(9-11-18)19-14-26-20(22-19)13-15-6-5-7-17(21)12-15/h5-12,14H,3-4,13H2,1-2H3. The summed E-state index contributed by atoms with van der Waals surface area (Å²) in [5, 5.41) is 2.82. The SMILES string of the molecule is CCN(CC)S(=O)(=O)c1ccc(-c2csc(Cc3cccc(F)c3)n2)cc1. The number of benzene rings is 2. The summed E-state index contributed by atoms with van der Waals surface area (Å²) in [6, 6.07) is 13.3. The van der Waals surface area contributed by atoms with Crippen LogP contribution in [0.4, 0.5) is 4.39 Å². The molecule has 0 radical (unpaired) electrons. The molecule has 142 valence electrons. The lowest BCUT2D eigenvalue weighted by molar-refractivity contribution is 0.445. The van der Waals surface area contributed by atoms with Crippen LogP contribution in [0.2, 0.25) is 0 Å². The predicted molar refractivity (Wildman–Crippen MR) is 107 cm³/mol. The maximum Gasteiger partial charge on any atom is 0.243 e. The van der Waals surface area contributed by atoms with Gasteiger partial charge >= 0.3 is 0 Å². The summed E-state index contributed by atoms with van der Waals surface area (Å²) >= 11 is 1.51. The van der Waals surface area contributed by atoms with Crippen LogP contribution in [0.5, 0.6) is 0 Å². The third-order valence-corrected chi connectivity index (χ3v) is 7.20.